The predicted octanol–water partition coefficient (Wildman–Crippen LogP) is 4.09. The van der Waals surface area contributed by atoms with E-state index in [1.165, 1.54) is 0 Å². The first-order valence-electron chi connectivity index (χ1n) is 10.4. The standard InChI is InChI=1S/C24H22ClN3O4S/c25-17-3-1-4-18(12-17)27-22(29)15-32-20-8-6-19(7-9-20)28-14-16(11-23(28)30)24(31)26-13-21-5-2-10-33-21/h1-10,12,16H,11,13-15H2,(H,26,31)(H,27,29)/t16-/m0/s1. The molecule has 0 radical (unpaired) electrons. The summed E-state index contributed by atoms with van der Waals surface area (Å²) in [5, 5.41) is 8.11. The second-order valence-electron chi connectivity index (χ2n) is 7.54. The van der Waals surface area contributed by atoms with Gasteiger partial charge in [-0.15, -0.1) is 11.3 Å². The molecule has 3 amide bonds. The van der Waals surface area contributed by atoms with Gasteiger partial charge in [0.1, 0.15) is 5.75 Å². The Hall–Kier alpha value is -3.36. The third kappa shape index (κ3) is 6.12. The maximum Gasteiger partial charge on any atom is 0.262 e. The Labute approximate surface area is 200 Å². The minimum atomic E-state index is -0.386. The van der Waals surface area contributed by atoms with Crippen LogP contribution < -0.4 is 20.3 Å². The molecule has 2 N–H and O–H groups in total. The van der Waals surface area contributed by atoms with Gasteiger partial charge in [0.05, 0.1) is 12.5 Å². The van der Waals surface area contributed by atoms with Crippen LogP contribution in [0.25, 0.3) is 0 Å². The zero-order chi connectivity index (χ0) is 23.2. The highest BCUT2D eigenvalue weighted by atomic mass is 35.5. The van der Waals surface area contributed by atoms with Crippen molar-refractivity contribution in [1.29, 1.82) is 0 Å². The van der Waals surface area contributed by atoms with Crippen molar-refractivity contribution in [3.05, 3.63) is 75.9 Å². The highest BCUT2D eigenvalue weighted by Gasteiger charge is 2.35. The number of rotatable bonds is 8. The van der Waals surface area contributed by atoms with Gasteiger partial charge in [0.2, 0.25) is 11.8 Å². The van der Waals surface area contributed by atoms with E-state index in [-0.39, 0.29) is 36.7 Å². The van der Waals surface area contributed by atoms with Crippen LogP contribution in [0.2, 0.25) is 5.02 Å². The van der Waals surface area contributed by atoms with Crippen molar-refractivity contribution < 1.29 is 19.1 Å². The molecular weight excluding hydrogens is 462 g/mol. The fraction of sp³-hybridized carbons (Fsp3) is 0.208. The summed E-state index contributed by atoms with van der Waals surface area (Å²) >= 11 is 7.49. The van der Waals surface area contributed by atoms with Crippen LogP contribution >= 0.6 is 22.9 Å². The molecule has 0 unspecified atom stereocenters. The molecular formula is C24H22ClN3O4S. The maximum atomic E-state index is 12.5. The lowest BCUT2D eigenvalue weighted by molar-refractivity contribution is -0.126. The van der Waals surface area contributed by atoms with E-state index >= 15 is 0 Å². The number of hydrogen-bond donors (Lipinski definition) is 2. The number of amides is 3. The molecule has 1 aromatic heterocycles. The van der Waals surface area contributed by atoms with Gasteiger partial charge in [-0.1, -0.05) is 23.7 Å². The van der Waals surface area contributed by atoms with Crippen molar-refractivity contribution in [2.24, 2.45) is 5.92 Å². The highest BCUT2D eigenvalue weighted by Crippen LogP contribution is 2.27. The number of thiophene rings is 1. The van der Waals surface area contributed by atoms with Crippen LogP contribution in [0.15, 0.2) is 66.0 Å². The molecule has 0 bridgehead atoms. The van der Waals surface area contributed by atoms with E-state index in [1.54, 1.807) is 64.8 Å². The van der Waals surface area contributed by atoms with Gasteiger partial charge in [-0.2, -0.15) is 0 Å². The Morgan fingerprint density at radius 2 is 1.94 bits per heavy atom. The predicted molar refractivity (Wildman–Crippen MR) is 129 cm³/mol. The van der Waals surface area contributed by atoms with Gasteiger partial charge in [-0.3, -0.25) is 14.4 Å². The quantitative estimate of drug-likeness (QED) is 0.505. The van der Waals surface area contributed by atoms with Crippen LogP contribution in [0.1, 0.15) is 11.3 Å². The molecule has 2 heterocycles. The van der Waals surface area contributed by atoms with Crippen molar-refractivity contribution in [3.63, 3.8) is 0 Å². The maximum absolute atomic E-state index is 12.5. The van der Waals surface area contributed by atoms with Crippen LogP contribution in [0, 0.1) is 5.92 Å². The van der Waals surface area contributed by atoms with E-state index in [9.17, 15) is 14.4 Å². The van der Waals surface area contributed by atoms with Crippen molar-refractivity contribution in [1.82, 2.24) is 5.32 Å². The lowest BCUT2D eigenvalue weighted by Crippen LogP contribution is -2.32. The zero-order valence-corrected chi connectivity index (χ0v) is 19.2. The van der Waals surface area contributed by atoms with E-state index in [2.05, 4.69) is 10.6 Å². The van der Waals surface area contributed by atoms with Crippen LogP contribution in [0.4, 0.5) is 11.4 Å². The van der Waals surface area contributed by atoms with Crippen molar-refractivity contribution >= 4 is 52.0 Å². The summed E-state index contributed by atoms with van der Waals surface area (Å²) in [6, 6.07) is 17.6. The summed E-state index contributed by atoms with van der Waals surface area (Å²) in [5.41, 5.74) is 1.28. The van der Waals surface area contributed by atoms with E-state index in [4.69, 9.17) is 16.3 Å². The van der Waals surface area contributed by atoms with Gasteiger partial charge < -0.3 is 20.3 Å². The molecule has 0 saturated carbocycles. The Morgan fingerprint density at radius 3 is 2.67 bits per heavy atom. The average molecular weight is 484 g/mol. The summed E-state index contributed by atoms with van der Waals surface area (Å²) in [4.78, 5) is 39.7. The number of nitrogens with one attached hydrogen (secondary N) is 2. The van der Waals surface area contributed by atoms with Crippen molar-refractivity contribution in [2.45, 2.75) is 13.0 Å². The number of carbonyl (C=O) groups excluding carboxylic acids is 3. The van der Waals surface area contributed by atoms with Gasteiger partial charge >= 0.3 is 0 Å². The summed E-state index contributed by atoms with van der Waals surface area (Å²) in [7, 11) is 0. The van der Waals surface area contributed by atoms with Crippen LogP contribution in [-0.2, 0) is 20.9 Å². The topological polar surface area (TPSA) is 87.7 Å². The fourth-order valence-electron chi connectivity index (χ4n) is 3.50. The summed E-state index contributed by atoms with van der Waals surface area (Å²) in [5.74, 6) is -0.418. The monoisotopic (exact) mass is 483 g/mol. The molecule has 0 aliphatic carbocycles. The van der Waals surface area contributed by atoms with Gasteiger partial charge in [-0.25, -0.2) is 0 Å². The first kappa shape index (κ1) is 22.8. The number of hydrogen-bond acceptors (Lipinski definition) is 5. The van der Waals surface area contributed by atoms with E-state index in [1.807, 2.05) is 17.5 Å². The second kappa shape index (κ2) is 10.5. The second-order valence-corrected chi connectivity index (χ2v) is 9.01. The molecule has 9 heteroatoms. The molecule has 1 atom stereocenters. The minimum Gasteiger partial charge on any atom is -0.484 e. The molecule has 7 nitrogen and oxygen atoms in total. The van der Waals surface area contributed by atoms with Crippen molar-refractivity contribution in [3.8, 4) is 5.75 Å². The van der Waals surface area contributed by atoms with E-state index in [0.29, 0.717) is 35.2 Å². The number of ether oxygens (including phenoxy) is 1. The number of halogens is 1. The highest BCUT2D eigenvalue weighted by molar-refractivity contribution is 7.09. The normalized spacial score (nSPS) is 15.4. The lowest BCUT2D eigenvalue weighted by atomic mass is 10.1. The molecule has 1 fully saturated rings. The lowest BCUT2D eigenvalue weighted by Gasteiger charge is -2.17. The molecule has 2 aromatic carbocycles. The number of benzene rings is 2. The Bertz CT molecular complexity index is 1130. The number of carbonyl (C=O) groups is 3. The largest absolute Gasteiger partial charge is 0.484 e. The molecule has 1 aliphatic rings. The molecule has 170 valence electrons. The fourth-order valence-corrected chi connectivity index (χ4v) is 4.33. The first-order chi connectivity index (χ1) is 16.0. The molecule has 0 spiro atoms. The van der Waals surface area contributed by atoms with E-state index < -0.39 is 0 Å². The number of nitrogens with zero attached hydrogens (tertiary/aromatic N) is 1. The number of anilines is 2. The van der Waals surface area contributed by atoms with E-state index in [0.717, 1.165) is 4.88 Å². The summed E-state index contributed by atoms with van der Waals surface area (Å²) in [6.45, 7) is 0.635. The smallest absolute Gasteiger partial charge is 0.262 e. The minimum absolute atomic E-state index is 0.0964. The molecule has 1 aliphatic heterocycles. The zero-order valence-electron chi connectivity index (χ0n) is 17.6. The van der Waals surface area contributed by atoms with Gasteiger partial charge in [0, 0.05) is 34.2 Å². The first-order valence-corrected chi connectivity index (χ1v) is 11.6. The summed E-state index contributed by atoms with van der Waals surface area (Å²) < 4.78 is 5.53. The Balaban J connectivity index is 1.27. The molecule has 1 saturated heterocycles. The van der Waals surface area contributed by atoms with Gasteiger partial charge in [0.25, 0.3) is 5.91 Å². The van der Waals surface area contributed by atoms with Crippen molar-refractivity contribution in [2.75, 3.05) is 23.4 Å². The Kier molecular flexibility index (Phi) is 7.26. The Morgan fingerprint density at radius 1 is 1.12 bits per heavy atom. The SMILES string of the molecule is O=C(COc1ccc(N2C[C@@H](C(=O)NCc3cccs3)CC2=O)cc1)Nc1cccc(Cl)c1. The van der Waals surface area contributed by atoms with Crippen LogP contribution in [0.3, 0.4) is 0 Å². The average Bonchev–Trinajstić information content (AvgIpc) is 3.46. The van der Waals surface area contributed by atoms with Gasteiger partial charge in [0.15, 0.2) is 6.61 Å². The third-order valence-corrected chi connectivity index (χ3v) is 6.25. The third-order valence-electron chi connectivity index (χ3n) is 5.14. The van der Waals surface area contributed by atoms with Gasteiger partial charge in [-0.05, 0) is 53.9 Å². The molecule has 33 heavy (non-hydrogen) atoms. The van der Waals surface area contributed by atoms with Crippen LogP contribution in [-0.4, -0.2) is 30.9 Å². The summed E-state index contributed by atoms with van der Waals surface area (Å²) in [6.07, 6.45) is 0.179. The van der Waals surface area contributed by atoms with Crippen LogP contribution in [0.5, 0.6) is 5.75 Å². The molecule has 4 rings (SSSR count). The molecule has 3 aromatic rings.